The molecular weight excluding hydrogens is 352 g/mol. The van der Waals surface area contributed by atoms with E-state index in [4.69, 9.17) is 14.0 Å². The lowest BCUT2D eigenvalue weighted by atomic mass is 9.95. The van der Waals surface area contributed by atoms with Crippen molar-refractivity contribution in [1.82, 2.24) is 0 Å². The van der Waals surface area contributed by atoms with Gasteiger partial charge in [0.1, 0.15) is 0 Å². The normalized spacial score (nSPS) is 13.2. The van der Waals surface area contributed by atoms with E-state index in [9.17, 15) is 8.42 Å². The van der Waals surface area contributed by atoms with Crippen molar-refractivity contribution in [2.24, 2.45) is 5.92 Å². The fourth-order valence-electron chi connectivity index (χ4n) is 3.02. The number of unbranched alkanes of at least 4 members (excludes halogenated alkanes) is 8. The van der Waals surface area contributed by atoms with E-state index >= 15 is 0 Å². The fourth-order valence-corrected chi connectivity index (χ4v) is 3.35. The average molecular weight is 395 g/mol. The predicted octanol–water partition coefficient (Wildman–Crippen LogP) is 5.24. The molecular formula is C20H42O5S. The molecule has 0 aromatic rings. The summed E-state index contributed by atoms with van der Waals surface area (Å²) in [4.78, 5) is 0. The Morgan fingerprint density at radius 3 is 1.81 bits per heavy atom. The van der Waals surface area contributed by atoms with Gasteiger partial charge in [-0.25, -0.2) is 0 Å². The van der Waals surface area contributed by atoms with Gasteiger partial charge in [0.2, 0.25) is 0 Å². The summed E-state index contributed by atoms with van der Waals surface area (Å²) in [5.74, 6) is 0.265. The highest BCUT2D eigenvalue weighted by Gasteiger charge is 2.09. The van der Waals surface area contributed by atoms with Gasteiger partial charge in [-0.15, -0.1) is 0 Å². The standard InChI is InChI=1S/C20H42O5S/c1-3-5-7-9-10-12-14-20(13-11-8-6-4-2)19-25-16-15-24-17-18-26(21,22)23/h20H,3-19H2,1-2H3,(H,21,22,23). The lowest BCUT2D eigenvalue weighted by molar-refractivity contribution is 0.0341. The van der Waals surface area contributed by atoms with E-state index in [-0.39, 0.29) is 12.4 Å². The highest BCUT2D eigenvalue weighted by Crippen LogP contribution is 2.19. The lowest BCUT2D eigenvalue weighted by Gasteiger charge is -2.17. The Balaban J connectivity index is 3.80. The molecule has 0 bridgehead atoms. The monoisotopic (exact) mass is 394 g/mol. The van der Waals surface area contributed by atoms with Gasteiger partial charge in [0.25, 0.3) is 10.1 Å². The second-order valence-electron chi connectivity index (χ2n) is 7.25. The minimum atomic E-state index is -3.93. The maximum atomic E-state index is 10.6. The van der Waals surface area contributed by atoms with E-state index in [2.05, 4.69) is 13.8 Å². The van der Waals surface area contributed by atoms with Gasteiger partial charge >= 0.3 is 0 Å². The van der Waals surface area contributed by atoms with E-state index in [1.807, 2.05) is 0 Å². The Hall–Kier alpha value is -0.170. The summed E-state index contributed by atoms with van der Waals surface area (Å²) in [6.45, 7) is 6.11. The first-order valence-corrected chi connectivity index (χ1v) is 12.2. The Morgan fingerprint density at radius 2 is 1.23 bits per heavy atom. The van der Waals surface area contributed by atoms with Crippen molar-refractivity contribution in [1.29, 1.82) is 0 Å². The zero-order chi connectivity index (χ0) is 19.5. The largest absolute Gasteiger partial charge is 0.379 e. The Bertz CT molecular complexity index is 384. The minimum absolute atomic E-state index is 0.0143. The van der Waals surface area contributed by atoms with Gasteiger partial charge in [-0.05, 0) is 18.8 Å². The Kier molecular flexibility index (Phi) is 18.1. The van der Waals surface area contributed by atoms with Crippen LogP contribution in [0.2, 0.25) is 0 Å². The molecule has 0 aliphatic rings. The van der Waals surface area contributed by atoms with Crippen LogP contribution < -0.4 is 0 Å². The summed E-state index contributed by atoms with van der Waals surface area (Å²) < 4.78 is 40.7. The number of ether oxygens (including phenoxy) is 2. The van der Waals surface area contributed by atoms with Crippen LogP contribution in [-0.2, 0) is 19.6 Å². The first-order chi connectivity index (χ1) is 12.5. The molecule has 0 aliphatic carbocycles. The molecule has 0 aliphatic heterocycles. The van der Waals surface area contributed by atoms with Crippen molar-refractivity contribution in [3.8, 4) is 0 Å². The second-order valence-corrected chi connectivity index (χ2v) is 8.82. The van der Waals surface area contributed by atoms with Gasteiger partial charge in [-0.2, -0.15) is 8.42 Å². The zero-order valence-electron chi connectivity index (χ0n) is 17.1. The van der Waals surface area contributed by atoms with Crippen LogP contribution in [0.4, 0.5) is 0 Å². The summed E-state index contributed by atoms with van der Waals surface area (Å²) in [5.41, 5.74) is 0. The van der Waals surface area contributed by atoms with Gasteiger partial charge in [0.15, 0.2) is 0 Å². The Labute approximate surface area is 162 Å². The summed E-state index contributed by atoms with van der Waals surface area (Å²) in [6, 6.07) is 0. The number of hydrogen-bond donors (Lipinski definition) is 1. The van der Waals surface area contributed by atoms with Crippen LogP contribution in [-0.4, -0.2) is 45.2 Å². The molecule has 1 N–H and O–H groups in total. The molecule has 1 unspecified atom stereocenters. The lowest BCUT2D eigenvalue weighted by Crippen LogP contribution is -2.16. The van der Waals surface area contributed by atoms with Crippen LogP contribution in [0, 0.1) is 5.92 Å². The highest BCUT2D eigenvalue weighted by atomic mass is 32.2. The van der Waals surface area contributed by atoms with Gasteiger partial charge in [0, 0.05) is 6.61 Å². The summed E-state index contributed by atoms with van der Waals surface area (Å²) >= 11 is 0. The van der Waals surface area contributed by atoms with Crippen molar-refractivity contribution in [3.05, 3.63) is 0 Å². The third kappa shape index (κ3) is 20.1. The quantitative estimate of drug-likeness (QED) is 0.226. The Morgan fingerprint density at radius 1 is 0.731 bits per heavy atom. The van der Waals surface area contributed by atoms with E-state index in [1.165, 1.54) is 77.0 Å². The van der Waals surface area contributed by atoms with Crippen LogP contribution in [0.15, 0.2) is 0 Å². The molecule has 0 heterocycles. The van der Waals surface area contributed by atoms with Crippen molar-refractivity contribution in [2.75, 3.05) is 32.2 Å². The molecule has 26 heavy (non-hydrogen) atoms. The highest BCUT2D eigenvalue weighted by molar-refractivity contribution is 7.85. The van der Waals surface area contributed by atoms with Crippen LogP contribution in [0.3, 0.4) is 0 Å². The molecule has 158 valence electrons. The SMILES string of the molecule is CCCCCCCCC(CCCCCC)COCCOCCS(=O)(=O)O. The first-order valence-electron chi connectivity index (χ1n) is 10.6. The van der Waals surface area contributed by atoms with Gasteiger partial charge in [0.05, 0.1) is 25.6 Å². The molecule has 0 rings (SSSR count). The van der Waals surface area contributed by atoms with Crippen molar-refractivity contribution in [3.63, 3.8) is 0 Å². The third-order valence-corrected chi connectivity index (χ3v) is 5.33. The number of rotatable bonds is 20. The molecule has 0 radical (unpaired) electrons. The molecule has 0 amide bonds. The van der Waals surface area contributed by atoms with Crippen molar-refractivity contribution < 1.29 is 22.4 Å². The molecule has 0 spiro atoms. The van der Waals surface area contributed by atoms with Crippen LogP contribution in [0.25, 0.3) is 0 Å². The van der Waals surface area contributed by atoms with Gasteiger partial charge in [-0.1, -0.05) is 78.1 Å². The predicted molar refractivity (Wildman–Crippen MR) is 108 cm³/mol. The van der Waals surface area contributed by atoms with Gasteiger partial charge in [-0.3, -0.25) is 4.55 Å². The van der Waals surface area contributed by atoms with E-state index < -0.39 is 10.1 Å². The molecule has 5 nitrogen and oxygen atoms in total. The smallest absolute Gasteiger partial charge is 0.267 e. The molecule has 6 heteroatoms. The van der Waals surface area contributed by atoms with Crippen molar-refractivity contribution in [2.45, 2.75) is 90.9 Å². The maximum absolute atomic E-state index is 10.6. The van der Waals surface area contributed by atoms with E-state index in [0.29, 0.717) is 19.1 Å². The van der Waals surface area contributed by atoms with Gasteiger partial charge < -0.3 is 9.47 Å². The maximum Gasteiger partial charge on any atom is 0.267 e. The molecule has 0 aromatic heterocycles. The summed E-state index contributed by atoms with van der Waals surface area (Å²) in [6.07, 6.45) is 15.6. The summed E-state index contributed by atoms with van der Waals surface area (Å²) in [5, 5.41) is 0. The molecule has 0 saturated heterocycles. The number of hydrogen-bond acceptors (Lipinski definition) is 4. The van der Waals surface area contributed by atoms with E-state index in [1.54, 1.807) is 0 Å². The molecule has 1 atom stereocenters. The second kappa shape index (κ2) is 18.2. The summed E-state index contributed by atoms with van der Waals surface area (Å²) in [7, 11) is -3.93. The fraction of sp³-hybridized carbons (Fsp3) is 1.00. The molecule has 0 fully saturated rings. The first kappa shape index (κ1) is 25.8. The van der Waals surface area contributed by atoms with Crippen LogP contribution in [0.5, 0.6) is 0 Å². The average Bonchev–Trinajstić information content (AvgIpc) is 2.59. The zero-order valence-corrected chi connectivity index (χ0v) is 17.9. The minimum Gasteiger partial charge on any atom is -0.379 e. The topological polar surface area (TPSA) is 72.8 Å². The molecule has 0 saturated carbocycles. The van der Waals surface area contributed by atoms with Crippen LogP contribution in [0.1, 0.15) is 90.9 Å². The third-order valence-electron chi connectivity index (χ3n) is 4.64. The van der Waals surface area contributed by atoms with E-state index in [0.717, 1.165) is 6.61 Å². The van der Waals surface area contributed by atoms with Crippen LogP contribution >= 0.6 is 0 Å². The van der Waals surface area contributed by atoms with Crippen molar-refractivity contribution >= 4 is 10.1 Å². The molecule has 0 aromatic carbocycles.